The molecule has 0 radical (unpaired) electrons. The van der Waals surface area contributed by atoms with Gasteiger partial charge in [0.05, 0.1) is 7.11 Å². The van der Waals surface area contributed by atoms with Crippen LogP contribution in [-0.2, 0) is 0 Å². The first-order valence-electron chi connectivity index (χ1n) is 6.26. The molecular weight excluding hydrogens is 242 g/mol. The summed E-state index contributed by atoms with van der Waals surface area (Å²) < 4.78 is 5.13. The summed E-state index contributed by atoms with van der Waals surface area (Å²) in [6, 6.07) is 7.57. The number of guanidine groups is 1. The molecule has 1 aliphatic carbocycles. The quantitative estimate of drug-likeness (QED) is 0.731. The number of aliphatic imine (C=N–C) groups is 2. The first-order chi connectivity index (χ1) is 9.10. The molecule has 5 N–H and O–H groups in total. The topological polar surface area (TPSA) is 98.0 Å². The maximum Gasteiger partial charge on any atom is 0.210 e. The van der Waals surface area contributed by atoms with Gasteiger partial charge in [0.25, 0.3) is 0 Å². The summed E-state index contributed by atoms with van der Waals surface area (Å²) in [6.45, 7) is 0. The van der Waals surface area contributed by atoms with Gasteiger partial charge in [0.1, 0.15) is 11.6 Å². The second-order valence-corrected chi connectivity index (χ2v) is 4.87. The molecule has 3 rings (SSSR count). The molecule has 19 heavy (non-hydrogen) atoms. The Morgan fingerprint density at radius 3 is 2.53 bits per heavy atom. The largest absolute Gasteiger partial charge is 0.497 e. The molecule has 2 aliphatic rings. The Hall–Kier alpha value is -2.08. The predicted molar refractivity (Wildman–Crippen MR) is 73.9 cm³/mol. The van der Waals surface area contributed by atoms with Crippen molar-refractivity contribution in [2.75, 3.05) is 7.11 Å². The lowest BCUT2D eigenvalue weighted by Gasteiger charge is -2.27. The molecular formula is C13H17N5O. The average molecular weight is 259 g/mol. The monoisotopic (exact) mass is 259 g/mol. The molecule has 6 nitrogen and oxygen atoms in total. The lowest BCUT2D eigenvalue weighted by Crippen LogP contribution is -2.51. The van der Waals surface area contributed by atoms with Crippen molar-refractivity contribution in [1.82, 2.24) is 5.32 Å². The fraction of sp³-hybridized carbons (Fsp3) is 0.385. The molecule has 0 aromatic heterocycles. The fourth-order valence-electron chi connectivity index (χ4n) is 2.15. The summed E-state index contributed by atoms with van der Waals surface area (Å²) in [5.74, 6) is 1.15. The Labute approximate surface area is 111 Å². The van der Waals surface area contributed by atoms with Crippen LogP contribution in [0.1, 0.15) is 18.4 Å². The molecule has 0 bridgehead atoms. The van der Waals surface area contributed by atoms with Gasteiger partial charge >= 0.3 is 0 Å². The van der Waals surface area contributed by atoms with Gasteiger partial charge in [-0.05, 0) is 37.1 Å². The SMILES string of the molecule is COc1ccc(C2=NC(N)(C3CC3)N=C(N)N2)cc1. The van der Waals surface area contributed by atoms with E-state index in [1.807, 2.05) is 24.3 Å². The molecule has 6 heteroatoms. The summed E-state index contributed by atoms with van der Waals surface area (Å²) in [6.07, 6.45) is 2.10. The summed E-state index contributed by atoms with van der Waals surface area (Å²) >= 11 is 0. The Morgan fingerprint density at radius 2 is 1.95 bits per heavy atom. The molecule has 1 aromatic rings. The first kappa shape index (κ1) is 12.0. The summed E-state index contributed by atoms with van der Waals surface area (Å²) in [5, 5.41) is 2.96. The second-order valence-electron chi connectivity index (χ2n) is 4.87. The van der Waals surface area contributed by atoms with E-state index in [-0.39, 0.29) is 0 Å². The average Bonchev–Trinajstić information content (AvgIpc) is 3.22. The normalized spacial score (nSPS) is 26.2. The Morgan fingerprint density at radius 1 is 1.26 bits per heavy atom. The van der Waals surface area contributed by atoms with Crippen molar-refractivity contribution in [2.24, 2.45) is 27.4 Å². The van der Waals surface area contributed by atoms with E-state index in [2.05, 4.69) is 15.3 Å². The lowest BCUT2D eigenvalue weighted by atomic mass is 10.1. The number of hydrogen-bond acceptors (Lipinski definition) is 6. The Kier molecular flexibility index (Phi) is 2.67. The third-order valence-electron chi connectivity index (χ3n) is 3.38. The smallest absolute Gasteiger partial charge is 0.210 e. The van der Waals surface area contributed by atoms with Crippen LogP contribution >= 0.6 is 0 Å². The Balaban J connectivity index is 1.92. The molecule has 0 spiro atoms. The van der Waals surface area contributed by atoms with E-state index in [9.17, 15) is 0 Å². The number of nitrogens with one attached hydrogen (secondary N) is 1. The number of amidine groups is 1. The third kappa shape index (κ3) is 2.26. The van der Waals surface area contributed by atoms with Crippen molar-refractivity contribution >= 4 is 11.8 Å². The highest BCUT2D eigenvalue weighted by Gasteiger charge is 2.44. The summed E-state index contributed by atoms with van der Waals surface area (Å²) in [5.41, 5.74) is 12.9. The van der Waals surface area contributed by atoms with Gasteiger partial charge in [0, 0.05) is 11.5 Å². The maximum atomic E-state index is 6.22. The molecule has 1 unspecified atom stereocenters. The van der Waals surface area contributed by atoms with Gasteiger partial charge in [-0.25, -0.2) is 9.98 Å². The maximum absolute atomic E-state index is 6.22. The van der Waals surface area contributed by atoms with E-state index in [0.717, 1.165) is 24.2 Å². The van der Waals surface area contributed by atoms with Gasteiger partial charge in [-0.3, -0.25) is 5.73 Å². The summed E-state index contributed by atoms with van der Waals surface area (Å²) in [4.78, 5) is 8.76. The van der Waals surface area contributed by atoms with Crippen molar-refractivity contribution in [3.63, 3.8) is 0 Å². The van der Waals surface area contributed by atoms with Crippen LogP contribution < -0.4 is 21.5 Å². The van der Waals surface area contributed by atoms with Crippen molar-refractivity contribution < 1.29 is 4.74 Å². The lowest BCUT2D eigenvalue weighted by molar-refractivity contribution is 0.401. The Bertz CT molecular complexity index is 547. The van der Waals surface area contributed by atoms with Crippen LogP contribution in [0.2, 0.25) is 0 Å². The number of rotatable bonds is 3. The van der Waals surface area contributed by atoms with Crippen LogP contribution in [0.25, 0.3) is 0 Å². The number of hydrogen-bond donors (Lipinski definition) is 3. The molecule has 1 heterocycles. The molecule has 0 amide bonds. The predicted octanol–water partition coefficient (Wildman–Crippen LogP) is 0.382. The number of methoxy groups -OCH3 is 1. The molecule has 1 saturated carbocycles. The molecule has 1 fully saturated rings. The number of ether oxygens (including phenoxy) is 1. The van der Waals surface area contributed by atoms with Crippen LogP contribution in [-0.4, -0.2) is 24.7 Å². The standard InChI is InChI=1S/C13H17N5O/c1-19-10-6-2-8(3-7-10)11-16-12(14)18-13(15,17-11)9-4-5-9/h2-3,6-7,9H,4-5,15H2,1H3,(H3,14,16,17,18). The van der Waals surface area contributed by atoms with E-state index in [0.29, 0.717) is 17.7 Å². The highest BCUT2D eigenvalue weighted by molar-refractivity contribution is 6.09. The van der Waals surface area contributed by atoms with E-state index >= 15 is 0 Å². The van der Waals surface area contributed by atoms with Crippen LogP contribution in [0.4, 0.5) is 0 Å². The fourth-order valence-corrected chi connectivity index (χ4v) is 2.15. The van der Waals surface area contributed by atoms with Gasteiger partial charge < -0.3 is 15.8 Å². The van der Waals surface area contributed by atoms with Crippen molar-refractivity contribution in [3.05, 3.63) is 29.8 Å². The van der Waals surface area contributed by atoms with Crippen LogP contribution in [0.3, 0.4) is 0 Å². The van der Waals surface area contributed by atoms with E-state index in [1.54, 1.807) is 7.11 Å². The van der Waals surface area contributed by atoms with Crippen molar-refractivity contribution in [2.45, 2.75) is 18.6 Å². The molecule has 0 saturated heterocycles. The highest BCUT2D eigenvalue weighted by Crippen LogP contribution is 2.40. The zero-order chi connectivity index (χ0) is 13.5. The zero-order valence-electron chi connectivity index (χ0n) is 10.8. The summed E-state index contributed by atoms with van der Waals surface area (Å²) in [7, 11) is 1.63. The molecule has 1 aliphatic heterocycles. The minimum Gasteiger partial charge on any atom is -0.497 e. The molecule has 1 atom stereocenters. The third-order valence-corrected chi connectivity index (χ3v) is 3.38. The molecule has 1 aromatic carbocycles. The van der Waals surface area contributed by atoms with Gasteiger partial charge in [0.2, 0.25) is 5.79 Å². The van der Waals surface area contributed by atoms with Crippen LogP contribution in [0.5, 0.6) is 5.75 Å². The number of nitrogens with two attached hydrogens (primary N) is 2. The first-order valence-corrected chi connectivity index (χ1v) is 6.26. The number of nitrogens with zero attached hydrogens (tertiary/aromatic N) is 2. The minimum absolute atomic E-state index is 0.293. The van der Waals surface area contributed by atoms with E-state index < -0.39 is 5.79 Å². The second kappa shape index (κ2) is 4.24. The van der Waals surface area contributed by atoms with Gasteiger partial charge in [0.15, 0.2) is 5.96 Å². The van der Waals surface area contributed by atoms with Crippen LogP contribution in [0, 0.1) is 5.92 Å². The highest BCUT2D eigenvalue weighted by atomic mass is 16.5. The van der Waals surface area contributed by atoms with Gasteiger partial charge in [-0.2, -0.15) is 0 Å². The van der Waals surface area contributed by atoms with Crippen molar-refractivity contribution in [3.8, 4) is 5.75 Å². The van der Waals surface area contributed by atoms with Gasteiger partial charge in [-0.15, -0.1) is 0 Å². The van der Waals surface area contributed by atoms with E-state index in [4.69, 9.17) is 16.2 Å². The van der Waals surface area contributed by atoms with Gasteiger partial charge in [-0.1, -0.05) is 0 Å². The van der Waals surface area contributed by atoms with Crippen molar-refractivity contribution in [1.29, 1.82) is 0 Å². The van der Waals surface area contributed by atoms with E-state index in [1.165, 1.54) is 0 Å². The zero-order valence-corrected chi connectivity index (χ0v) is 10.8. The number of benzene rings is 1. The van der Waals surface area contributed by atoms with Crippen LogP contribution in [0.15, 0.2) is 34.3 Å². The molecule has 100 valence electrons. The minimum atomic E-state index is -0.912.